The number of para-hydroxylation sites is 1. The van der Waals surface area contributed by atoms with Gasteiger partial charge in [0.05, 0.1) is 36.1 Å². The van der Waals surface area contributed by atoms with Crippen molar-refractivity contribution in [1.82, 2.24) is 0 Å². The Hall–Kier alpha value is -3.87. The molecule has 1 N–H and O–H groups in total. The second kappa shape index (κ2) is 13.6. The molecule has 0 unspecified atom stereocenters. The third kappa shape index (κ3) is 7.95. The molecule has 0 fully saturated rings. The van der Waals surface area contributed by atoms with Crippen molar-refractivity contribution in [2.24, 2.45) is 0 Å². The number of amides is 1. The third-order valence-corrected chi connectivity index (χ3v) is 9.33. The van der Waals surface area contributed by atoms with Crippen molar-refractivity contribution >= 4 is 50.7 Å². The van der Waals surface area contributed by atoms with Gasteiger partial charge < -0.3 is 14.8 Å². The molecule has 0 aromatic heterocycles. The van der Waals surface area contributed by atoms with Gasteiger partial charge in [-0.05, 0) is 60.2 Å². The van der Waals surface area contributed by atoms with Crippen LogP contribution in [0.1, 0.15) is 11.1 Å². The average Bonchev–Trinajstić information content (AvgIpc) is 2.99. The Balaban J connectivity index is 1.65. The van der Waals surface area contributed by atoms with Gasteiger partial charge in [0.25, 0.3) is 10.0 Å². The van der Waals surface area contributed by atoms with Gasteiger partial charge in [-0.1, -0.05) is 41.9 Å². The average molecular weight is 651 g/mol. The van der Waals surface area contributed by atoms with Crippen molar-refractivity contribution in [1.29, 1.82) is 0 Å². The van der Waals surface area contributed by atoms with E-state index in [9.17, 15) is 26.4 Å². The van der Waals surface area contributed by atoms with Crippen LogP contribution in [0.25, 0.3) is 0 Å². The lowest BCUT2D eigenvalue weighted by Crippen LogP contribution is -2.38. The number of ether oxygens (including phenoxy) is 2. The zero-order chi connectivity index (χ0) is 31.2. The zero-order valence-corrected chi connectivity index (χ0v) is 25.3. The highest BCUT2D eigenvalue weighted by Crippen LogP contribution is 2.36. The lowest BCUT2D eigenvalue weighted by Gasteiger charge is -2.25. The van der Waals surface area contributed by atoms with E-state index in [1.54, 1.807) is 36.4 Å². The molecule has 0 heterocycles. The molecule has 0 saturated heterocycles. The van der Waals surface area contributed by atoms with E-state index in [0.717, 1.165) is 17.7 Å². The summed E-state index contributed by atoms with van der Waals surface area (Å²) in [5, 5.41) is 3.32. The maximum atomic E-state index is 13.9. The summed E-state index contributed by atoms with van der Waals surface area (Å²) in [7, 11) is -1.88. The third-order valence-electron chi connectivity index (χ3n) is 6.16. The highest BCUT2D eigenvalue weighted by molar-refractivity contribution is 7.98. The van der Waals surface area contributed by atoms with Crippen molar-refractivity contribution in [3.05, 3.63) is 107 Å². The van der Waals surface area contributed by atoms with Gasteiger partial charge in [0.15, 0.2) is 11.5 Å². The molecule has 0 atom stereocenters. The quantitative estimate of drug-likeness (QED) is 0.169. The second-order valence-electron chi connectivity index (χ2n) is 9.04. The summed E-state index contributed by atoms with van der Waals surface area (Å²) in [6.45, 7) is -0.811. The number of methoxy groups -OCH3 is 2. The number of nitrogens with one attached hydrogen (secondary N) is 1. The van der Waals surface area contributed by atoms with Gasteiger partial charge in [0.1, 0.15) is 6.54 Å². The van der Waals surface area contributed by atoms with Gasteiger partial charge in [-0.15, -0.1) is 11.8 Å². The van der Waals surface area contributed by atoms with Crippen LogP contribution in [0.15, 0.2) is 101 Å². The predicted octanol–water partition coefficient (Wildman–Crippen LogP) is 7.50. The highest BCUT2D eigenvalue weighted by atomic mass is 35.5. The number of carbonyl (C=O) groups excluding carboxylic acids is 1. The molecule has 4 aromatic rings. The number of thioether (sulfide) groups is 1. The molecule has 1 amide bonds. The Bertz CT molecular complexity index is 1700. The van der Waals surface area contributed by atoms with Gasteiger partial charge in [-0.25, -0.2) is 8.42 Å². The van der Waals surface area contributed by atoms with Crippen molar-refractivity contribution in [2.75, 3.05) is 30.4 Å². The first-order valence-electron chi connectivity index (χ1n) is 12.6. The van der Waals surface area contributed by atoms with Crippen LogP contribution in [0.2, 0.25) is 5.02 Å². The van der Waals surface area contributed by atoms with Gasteiger partial charge in [0, 0.05) is 21.7 Å². The van der Waals surface area contributed by atoms with Crippen LogP contribution in [-0.2, 0) is 26.7 Å². The van der Waals surface area contributed by atoms with Crippen LogP contribution in [-0.4, -0.2) is 35.1 Å². The number of nitrogens with zero attached hydrogens (tertiary/aromatic N) is 1. The van der Waals surface area contributed by atoms with Gasteiger partial charge >= 0.3 is 6.18 Å². The van der Waals surface area contributed by atoms with Crippen molar-refractivity contribution < 1.29 is 35.9 Å². The Morgan fingerprint density at radius 1 is 0.907 bits per heavy atom. The topological polar surface area (TPSA) is 84.9 Å². The monoisotopic (exact) mass is 650 g/mol. The van der Waals surface area contributed by atoms with E-state index in [2.05, 4.69) is 5.32 Å². The maximum absolute atomic E-state index is 13.9. The van der Waals surface area contributed by atoms with Gasteiger partial charge in [-0.2, -0.15) is 13.2 Å². The first-order chi connectivity index (χ1) is 20.4. The molecule has 7 nitrogen and oxygen atoms in total. The van der Waals surface area contributed by atoms with Crippen LogP contribution < -0.4 is 19.1 Å². The van der Waals surface area contributed by atoms with Crippen LogP contribution in [0.3, 0.4) is 0 Å². The standard InChI is InChI=1S/C30H26ClF3N2O5S2/c1-40-26-15-14-24(17-27(26)41-2)43(38,39)36(23-7-5-6-21(16-23)30(32,33)34)18-29(37)35-25-8-3-4-9-28(25)42-19-20-10-12-22(31)13-11-20/h3-17H,18-19H2,1-2H3,(H,35,37). The van der Waals surface area contributed by atoms with E-state index in [1.807, 2.05) is 12.1 Å². The first kappa shape index (κ1) is 32.1. The minimum absolute atomic E-state index is 0.0867. The number of anilines is 2. The number of alkyl halides is 3. The molecule has 226 valence electrons. The molecule has 0 aliphatic rings. The van der Waals surface area contributed by atoms with E-state index in [-0.39, 0.29) is 22.1 Å². The van der Waals surface area contributed by atoms with E-state index < -0.39 is 34.2 Å². The molecule has 4 rings (SSSR count). The molecule has 0 radical (unpaired) electrons. The van der Waals surface area contributed by atoms with Crippen LogP contribution in [0.5, 0.6) is 11.5 Å². The van der Waals surface area contributed by atoms with E-state index >= 15 is 0 Å². The molecule has 4 aromatic carbocycles. The number of benzene rings is 4. The Morgan fingerprint density at radius 2 is 1.60 bits per heavy atom. The van der Waals surface area contributed by atoms with E-state index in [0.29, 0.717) is 31.7 Å². The summed E-state index contributed by atoms with van der Waals surface area (Å²) < 4.78 is 79.4. The molecule has 0 bridgehead atoms. The largest absolute Gasteiger partial charge is 0.493 e. The molecular weight excluding hydrogens is 625 g/mol. The SMILES string of the molecule is COc1ccc(S(=O)(=O)N(CC(=O)Nc2ccccc2SCc2ccc(Cl)cc2)c2cccc(C(F)(F)F)c2)cc1OC. The van der Waals surface area contributed by atoms with Crippen LogP contribution in [0.4, 0.5) is 24.5 Å². The fourth-order valence-corrected chi connectivity index (χ4v) is 6.53. The molecule has 0 spiro atoms. The van der Waals surface area contributed by atoms with Crippen molar-refractivity contribution in [3.63, 3.8) is 0 Å². The lowest BCUT2D eigenvalue weighted by atomic mass is 10.2. The lowest BCUT2D eigenvalue weighted by molar-refractivity contribution is -0.137. The van der Waals surface area contributed by atoms with E-state index in [1.165, 1.54) is 50.2 Å². The number of sulfonamides is 1. The fourth-order valence-electron chi connectivity index (χ4n) is 4.01. The van der Waals surface area contributed by atoms with Crippen molar-refractivity contribution in [2.45, 2.75) is 21.7 Å². The Labute approximate surface area is 256 Å². The Kier molecular flexibility index (Phi) is 10.2. The van der Waals surface area contributed by atoms with Gasteiger partial charge in [-0.3, -0.25) is 9.10 Å². The summed E-state index contributed by atoms with van der Waals surface area (Å²) in [4.78, 5) is 13.7. The summed E-state index contributed by atoms with van der Waals surface area (Å²) in [5.41, 5.74) is -0.00161. The molecule has 0 aliphatic carbocycles. The van der Waals surface area contributed by atoms with Gasteiger partial charge in [0.2, 0.25) is 5.91 Å². The summed E-state index contributed by atoms with van der Waals surface area (Å²) in [6.07, 6.45) is -4.74. The number of halogens is 4. The number of carbonyl (C=O) groups is 1. The number of hydrogen-bond donors (Lipinski definition) is 1. The molecular formula is C30H26ClF3N2O5S2. The first-order valence-corrected chi connectivity index (χ1v) is 15.4. The zero-order valence-electron chi connectivity index (χ0n) is 22.9. The van der Waals surface area contributed by atoms with Crippen LogP contribution in [0, 0.1) is 0 Å². The Morgan fingerprint density at radius 3 is 2.28 bits per heavy atom. The summed E-state index contributed by atoms with van der Waals surface area (Å²) >= 11 is 7.40. The van der Waals surface area contributed by atoms with E-state index in [4.69, 9.17) is 21.1 Å². The minimum Gasteiger partial charge on any atom is -0.493 e. The number of rotatable bonds is 11. The summed E-state index contributed by atoms with van der Waals surface area (Å²) in [6, 6.07) is 21.7. The maximum Gasteiger partial charge on any atom is 0.416 e. The molecule has 13 heteroatoms. The number of hydrogen-bond acceptors (Lipinski definition) is 6. The molecule has 0 saturated carbocycles. The second-order valence-corrected chi connectivity index (χ2v) is 12.4. The smallest absolute Gasteiger partial charge is 0.416 e. The normalized spacial score (nSPS) is 11.6. The molecule has 0 aliphatic heterocycles. The van der Waals surface area contributed by atoms with Crippen molar-refractivity contribution in [3.8, 4) is 11.5 Å². The predicted molar refractivity (Wildman–Crippen MR) is 162 cm³/mol. The summed E-state index contributed by atoms with van der Waals surface area (Å²) in [5.74, 6) is 0.135. The highest BCUT2D eigenvalue weighted by Gasteiger charge is 2.33. The van der Waals surface area contributed by atoms with Crippen LogP contribution >= 0.6 is 23.4 Å². The molecule has 43 heavy (non-hydrogen) atoms. The minimum atomic E-state index is -4.74. The fraction of sp³-hybridized carbons (Fsp3) is 0.167.